The molecule has 18 heavy (non-hydrogen) atoms. The van der Waals surface area contributed by atoms with Crippen molar-refractivity contribution in [2.75, 3.05) is 25.5 Å². The van der Waals surface area contributed by atoms with Crippen LogP contribution in [0.5, 0.6) is 0 Å². The highest BCUT2D eigenvalue weighted by Crippen LogP contribution is 2.14. The molecule has 1 amide bonds. The zero-order valence-corrected chi connectivity index (χ0v) is 11.8. The van der Waals surface area contributed by atoms with Gasteiger partial charge in [0.05, 0.1) is 17.3 Å². The fourth-order valence-electron chi connectivity index (χ4n) is 1.60. The van der Waals surface area contributed by atoms with E-state index in [1.54, 1.807) is 0 Å². The minimum atomic E-state index is -0.539. The molecule has 0 atom stereocenters. The number of aromatic nitrogens is 2. The van der Waals surface area contributed by atoms with E-state index < -0.39 is 5.41 Å². The number of hydrogen-bond donors (Lipinski definition) is 2. The molecule has 0 aromatic carbocycles. The number of rotatable bonds is 6. The van der Waals surface area contributed by atoms with Gasteiger partial charge in [0, 0.05) is 34.2 Å². The van der Waals surface area contributed by atoms with Crippen molar-refractivity contribution in [2.45, 2.75) is 20.4 Å². The molecule has 0 aliphatic rings. The van der Waals surface area contributed by atoms with Crippen LogP contribution in [0.25, 0.3) is 0 Å². The van der Waals surface area contributed by atoms with Crippen molar-refractivity contribution >= 4 is 11.9 Å². The molecule has 1 heterocycles. The normalized spacial score (nSPS) is 11.6. The molecule has 0 bridgehead atoms. The second-order valence-electron chi connectivity index (χ2n) is 5.35. The van der Waals surface area contributed by atoms with Gasteiger partial charge in [0.15, 0.2) is 0 Å². The van der Waals surface area contributed by atoms with Crippen LogP contribution in [0.3, 0.4) is 0 Å². The SMILES string of the molecule is CN(C)c1ncc(CNCC(C)(C)C(N)=O)n1C. The van der Waals surface area contributed by atoms with Crippen LogP contribution in [0.15, 0.2) is 6.20 Å². The predicted molar refractivity (Wildman–Crippen MR) is 72.2 cm³/mol. The topological polar surface area (TPSA) is 76.2 Å². The van der Waals surface area contributed by atoms with Crippen LogP contribution in [0.4, 0.5) is 5.95 Å². The standard InChI is InChI=1S/C12H23N5O/c1-12(2,10(13)18)8-14-6-9-7-15-11(16(3)4)17(9)5/h7,14H,6,8H2,1-5H3,(H2,13,18). The third-order valence-corrected chi connectivity index (χ3v) is 3.00. The molecule has 0 aliphatic heterocycles. The van der Waals surface area contributed by atoms with Crippen molar-refractivity contribution in [3.05, 3.63) is 11.9 Å². The molecule has 102 valence electrons. The van der Waals surface area contributed by atoms with Gasteiger partial charge in [-0.15, -0.1) is 0 Å². The first kappa shape index (κ1) is 14.5. The summed E-state index contributed by atoms with van der Waals surface area (Å²) in [6, 6.07) is 0. The van der Waals surface area contributed by atoms with E-state index in [4.69, 9.17) is 5.73 Å². The van der Waals surface area contributed by atoms with Gasteiger partial charge < -0.3 is 20.5 Å². The van der Waals surface area contributed by atoms with Gasteiger partial charge in [0.1, 0.15) is 0 Å². The molecule has 0 fully saturated rings. The lowest BCUT2D eigenvalue weighted by Crippen LogP contribution is -2.40. The smallest absolute Gasteiger partial charge is 0.224 e. The quantitative estimate of drug-likeness (QED) is 0.753. The van der Waals surface area contributed by atoms with Gasteiger partial charge in [-0.2, -0.15) is 0 Å². The second kappa shape index (κ2) is 5.39. The predicted octanol–water partition coefficient (Wildman–Crippen LogP) is 0.0872. The fraction of sp³-hybridized carbons (Fsp3) is 0.667. The van der Waals surface area contributed by atoms with E-state index in [1.807, 2.05) is 50.7 Å². The average Bonchev–Trinajstić information content (AvgIpc) is 2.60. The Kier molecular flexibility index (Phi) is 4.34. The lowest BCUT2D eigenvalue weighted by atomic mass is 9.93. The summed E-state index contributed by atoms with van der Waals surface area (Å²) < 4.78 is 2.02. The van der Waals surface area contributed by atoms with Crippen LogP contribution >= 0.6 is 0 Å². The van der Waals surface area contributed by atoms with Crippen molar-refractivity contribution in [1.29, 1.82) is 0 Å². The van der Waals surface area contributed by atoms with Crippen molar-refractivity contribution in [2.24, 2.45) is 18.2 Å². The van der Waals surface area contributed by atoms with Crippen LogP contribution in [0.2, 0.25) is 0 Å². The van der Waals surface area contributed by atoms with Gasteiger partial charge >= 0.3 is 0 Å². The van der Waals surface area contributed by atoms with Crippen LogP contribution < -0.4 is 16.0 Å². The summed E-state index contributed by atoms with van der Waals surface area (Å²) in [7, 11) is 5.88. The molecule has 0 saturated heterocycles. The Morgan fingerprint density at radius 2 is 2.17 bits per heavy atom. The average molecular weight is 253 g/mol. The molecule has 1 aromatic heterocycles. The number of amides is 1. The lowest BCUT2D eigenvalue weighted by Gasteiger charge is -2.21. The Morgan fingerprint density at radius 3 is 2.61 bits per heavy atom. The highest BCUT2D eigenvalue weighted by atomic mass is 16.1. The van der Waals surface area contributed by atoms with Crippen LogP contribution in [0, 0.1) is 5.41 Å². The highest BCUT2D eigenvalue weighted by Gasteiger charge is 2.24. The molecule has 6 heteroatoms. The molecule has 1 rings (SSSR count). The van der Waals surface area contributed by atoms with E-state index in [9.17, 15) is 4.79 Å². The van der Waals surface area contributed by atoms with E-state index in [2.05, 4.69) is 10.3 Å². The number of nitrogens with two attached hydrogens (primary N) is 1. The summed E-state index contributed by atoms with van der Waals surface area (Å²) in [6.45, 7) is 4.87. The Morgan fingerprint density at radius 1 is 1.56 bits per heavy atom. The summed E-state index contributed by atoms with van der Waals surface area (Å²) in [5.74, 6) is 0.606. The molecule has 0 saturated carbocycles. The summed E-state index contributed by atoms with van der Waals surface area (Å²) in [6.07, 6.45) is 1.83. The van der Waals surface area contributed by atoms with Crippen molar-refractivity contribution in [3.8, 4) is 0 Å². The Balaban J connectivity index is 2.58. The number of hydrogen-bond acceptors (Lipinski definition) is 4. The van der Waals surface area contributed by atoms with E-state index in [0.717, 1.165) is 11.6 Å². The number of nitrogens with zero attached hydrogens (tertiary/aromatic N) is 3. The maximum absolute atomic E-state index is 11.2. The Labute approximate surface area is 108 Å². The van der Waals surface area contributed by atoms with Gasteiger partial charge in [-0.1, -0.05) is 0 Å². The van der Waals surface area contributed by atoms with E-state index >= 15 is 0 Å². The molecule has 1 aromatic rings. The van der Waals surface area contributed by atoms with Gasteiger partial charge in [-0.05, 0) is 13.8 Å². The second-order valence-corrected chi connectivity index (χ2v) is 5.35. The zero-order chi connectivity index (χ0) is 13.9. The third-order valence-electron chi connectivity index (χ3n) is 3.00. The van der Waals surface area contributed by atoms with Crippen LogP contribution in [0.1, 0.15) is 19.5 Å². The summed E-state index contributed by atoms with van der Waals surface area (Å²) >= 11 is 0. The molecule has 0 radical (unpaired) electrons. The maximum atomic E-state index is 11.2. The van der Waals surface area contributed by atoms with Gasteiger partial charge in [0.25, 0.3) is 0 Å². The first-order valence-corrected chi connectivity index (χ1v) is 5.94. The van der Waals surface area contributed by atoms with Crippen molar-refractivity contribution in [3.63, 3.8) is 0 Å². The number of imidazole rings is 1. The maximum Gasteiger partial charge on any atom is 0.224 e. The molecule has 0 aliphatic carbocycles. The van der Waals surface area contributed by atoms with Gasteiger partial charge in [0.2, 0.25) is 11.9 Å². The number of carbonyl (C=O) groups is 1. The number of anilines is 1. The molecule has 0 spiro atoms. The van der Waals surface area contributed by atoms with Crippen molar-refractivity contribution in [1.82, 2.24) is 14.9 Å². The first-order valence-electron chi connectivity index (χ1n) is 5.94. The largest absolute Gasteiger partial charge is 0.369 e. The van der Waals surface area contributed by atoms with Gasteiger partial charge in [-0.3, -0.25) is 4.79 Å². The fourth-order valence-corrected chi connectivity index (χ4v) is 1.60. The summed E-state index contributed by atoms with van der Waals surface area (Å²) in [4.78, 5) is 17.5. The monoisotopic (exact) mass is 253 g/mol. The number of carbonyl (C=O) groups excluding carboxylic acids is 1. The lowest BCUT2D eigenvalue weighted by molar-refractivity contribution is -0.125. The number of primary amides is 1. The van der Waals surface area contributed by atoms with E-state index in [-0.39, 0.29) is 5.91 Å². The van der Waals surface area contributed by atoms with E-state index in [1.165, 1.54) is 0 Å². The number of nitrogens with one attached hydrogen (secondary N) is 1. The Hall–Kier alpha value is -1.56. The Bertz CT molecular complexity index is 422. The first-order chi connectivity index (χ1) is 8.25. The minimum Gasteiger partial charge on any atom is -0.369 e. The van der Waals surface area contributed by atoms with Crippen molar-refractivity contribution < 1.29 is 4.79 Å². The minimum absolute atomic E-state index is 0.297. The molecule has 0 unspecified atom stereocenters. The highest BCUT2D eigenvalue weighted by molar-refractivity contribution is 5.80. The van der Waals surface area contributed by atoms with Gasteiger partial charge in [-0.25, -0.2) is 4.98 Å². The van der Waals surface area contributed by atoms with Crippen LogP contribution in [-0.2, 0) is 18.4 Å². The zero-order valence-electron chi connectivity index (χ0n) is 11.8. The summed E-state index contributed by atoms with van der Waals surface area (Å²) in [5, 5.41) is 3.24. The molecular weight excluding hydrogens is 230 g/mol. The summed E-state index contributed by atoms with van der Waals surface area (Å²) in [5.41, 5.74) is 5.85. The molecular formula is C12H23N5O. The van der Waals surface area contributed by atoms with E-state index in [0.29, 0.717) is 13.1 Å². The third kappa shape index (κ3) is 3.22. The van der Waals surface area contributed by atoms with Crippen LogP contribution in [-0.4, -0.2) is 36.1 Å². The molecule has 3 N–H and O–H groups in total. The molecule has 6 nitrogen and oxygen atoms in total.